The molecule has 2 saturated carbocycles. The minimum absolute atomic E-state index is 0.510. The summed E-state index contributed by atoms with van der Waals surface area (Å²) in [5.41, 5.74) is 1.95. The molecule has 92 valence electrons. The highest BCUT2D eigenvalue weighted by molar-refractivity contribution is 6.30. The molecule has 0 aliphatic heterocycles. The van der Waals surface area contributed by atoms with E-state index in [9.17, 15) is 0 Å². The second-order valence-corrected chi connectivity index (χ2v) is 6.43. The largest absolute Gasteiger partial charge is 0.319 e. The van der Waals surface area contributed by atoms with E-state index in [4.69, 9.17) is 11.6 Å². The predicted molar refractivity (Wildman–Crippen MR) is 72.3 cm³/mol. The van der Waals surface area contributed by atoms with Gasteiger partial charge in [0.25, 0.3) is 0 Å². The summed E-state index contributed by atoms with van der Waals surface area (Å²) >= 11 is 5.94. The molecule has 1 nitrogen and oxygen atoms in total. The Bertz CT molecular complexity index is 388. The van der Waals surface area contributed by atoms with Crippen LogP contribution in [0.4, 0.5) is 0 Å². The van der Waals surface area contributed by atoms with Crippen LogP contribution in [0, 0.1) is 17.3 Å². The summed E-state index contributed by atoms with van der Waals surface area (Å²) in [5.74, 6) is 2.08. The summed E-state index contributed by atoms with van der Waals surface area (Å²) in [6, 6.07) is 8.40. The lowest BCUT2D eigenvalue weighted by molar-refractivity contribution is 0.255. The molecule has 0 spiro atoms. The molecule has 0 heterocycles. The smallest absolute Gasteiger partial charge is 0.0406 e. The average molecular weight is 250 g/mol. The second kappa shape index (κ2) is 4.29. The number of benzene rings is 1. The third-order valence-electron chi connectivity index (χ3n) is 4.50. The molecule has 2 unspecified atom stereocenters. The molecule has 0 saturated heterocycles. The van der Waals surface area contributed by atoms with Crippen molar-refractivity contribution in [3.8, 4) is 0 Å². The van der Waals surface area contributed by atoms with Gasteiger partial charge in [0.15, 0.2) is 0 Å². The van der Waals surface area contributed by atoms with Crippen LogP contribution < -0.4 is 5.32 Å². The Kier molecular flexibility index (Phi) is 2.92. The molecular formula is C15H20ClN. The van der Waals surface area contributed by atoms with Crippen LogP contribution >= 0.6 is 11.6 Å². The number of hydrogen-bond donors (Lipinski definition) is 1. The Morgan fingerprint density at radius 2 is 1.88 bits per heavy atom. The molecule has 3 rings (SSSR count). The van der Waals surface area contributed by atoms with E-state index in [1.807, 2.05) is 12.1 Å². The molecule has 2 aliphatic carbocycles. The van der Waals surface area contributed by atoms with Gasteiger partial charge in [-0.15, -0.1) is 0 Å². The molecule has 0 amide bonds. The fraction of sp³-hybridized carbons (Fsp3) is 0.600. The van der Waals surface area contributed by atoms with Gasteiger partial charge >= 0.3 is 0 Å². The maximum Gasteiger partial charge on any atom is 0.0406 e. The molecule has 1 aromatic carbocycles. The quantitative estimate of drug-likeness (QED) is 0.861. The van der Waals surface area contributed by atoms with Crippen LogP contribution in [-0.2, 0) is 6.42 Å². The molecule has 0 bridgehead atoms. The lowest BCUT2D eigenvalue weighted by Gasteiger charge is -2.31. The van der Waals surface area contributed by atoms with Gasteiger partial charge in [-0.05, 0) is 67.7 Å². The number of rotatable bonds is 4. The molecular weight excluding hydrogens is 230 g/mol. The van der Waals surface area contributed by atoms with Crippen molar-refractivity contribution in [1.82, 2.24) is 5.32 Å². The third kappa shape index (κ3) is 2.36. The summed E-state index contributed by atoms with van der Waals surface area (Å²) in [6.45, 7) is 1.16. The minimum atomic E-state index is 0.510. The molecule has 1 aromatic rings. The van der Waals surface area contributed by atoms with Crippen molar-refractivity contribution < 1.29 is 0 Å². The minimum Gasteiger partial charge on any atom is -0.319 e. The Morgan fingerprint density at radius 1 is 1.24 bits per heavy atom. The summed E-state index contributed by atoms with van der Waals surface area (Å²) in [5, 5.41) is 4.24. The maximum atomic E-state index is 5.94. The van der Waals surface area contributed by atoms with Crippen molar-refractivity contribution in [2.75, 3.05) is 13.6 Å². The summed E-state index contributed by atoms with van der Waals surface area (Å²) in [6.07, 6.45) is 5.53. The Balaban J connectivity index is 1.74. The van der Waals surface area contributed by atoms with Gasteiger partial charge in [-0.25, -0.2) is 0 Å². The molecule has 2 fully saturated rings. The van der Waals surface area contributed by atoms with Gasteiger partial charge < -0.3 is 5.32 Å². The Hall–Kier alpha value is -0.530. The van der Waals surface area contributed by atoms with Crippen molar-refractivity contribution in [2.45, 2.75) is 25.7 Å². The molecule has 2 heteroatoms. The van der Waals surface area contributed by atoms with Gasteiger partial charge in [0.2, 0.25) is 0 Å². The van der Waals surface area contributed by atoms with Crippen LogP contribution in [0.2, 0.25) is 5.02 Å². The first kappa shape index (κ1) is 11.6. The Labute approximate surface area is 109 Å². The number of fused-ring (bicyclic) bond motifs is 1. The highest BCUT2D eigenvalue weighted by Crippen LogP contribution is 2.60. The van der Waals surface area contributed by atoms with Crippen LogP contribution in [0.15, 0.2) is 24.3 Å². The molecule has 1 N–H and O–H groups in total. The highest BCUT2D eigenvalue weighted by Gasteiger charge is 2.53. The second-order valence-electron chi connectivity index (χ2n) is 6.00. The SMILES string of the molecule is CNCC1(Cc2ccc(Cl)cc2)CC2CC2C1. The lowest BCUT2D eigenvalue weighted by atomic mass is 9.77. The van der Waals surface area contributed by atoms with Crippen LogP contribution in [-0.4, -0.2) is 13.6 Å². The van der Waals surface area contributed by atoms with Gasteiger partial charge in [0.05, 0.1) is 0 Å². The first-order chi connectivity index (χ1) is 8.21. The first-order valence-electron chi connectivity index (χ1n) is 6.60. The normalized spacial score (nSPS) is 34.7. The van der Waals surface area contributed by atoms with E-state index in [-0.39, 0.29) is 0 Å². The predicted octanol–water partition coefficient (Wildman–Crippen LogP) is 3.52. The van der Waals surface area contributed by atoms with E-state index in [0.717, 1.165) is 23.4 Å². The van der Waals surface area contributed by atoms with Gasteiger partial charge in [0.1, 0.15) is 0 Å². The molecule has 17 heavy (non-hydrogen) atoms. The fourth-order valence-electron chi connectivity index (χ4n) is 3.77. The topological polar surface area (TPSA) is 12.0 Å². The van der Waals surface area contributed by atoms with Gasteiger partial charge in [-0.3, -0.25) is 0 Å². The van der Waals surface area contributed by atoms with E-state index in [0.29, 0.717) is 5.41 Å². The molecule has 2 atom stereocenters. The zero-order valence-electron chi connectivity index (χ0n) is 10.4. The summed E-state index contributed by atoms with van der Waals surface area (Å²) < 4.78 is 0. The van der Waals surface area contributed by atoms with Gasteiger partial charge in [0, 0.05) is 11.6 Å². The summed E-state index contributed by atoms with van der Waals surface area (Å²) in [4.78, 5) is 0. The number of nitrogens with one attached hydrogen (secondary N) is 1. The van der Waals surface area contributed by atoms with Crippen molar-refractivity contribution in [3.63, 3.8) is 0 Å². The molecule has 2 aliphatic rings. The fourth-order valence-corrected chi connectivity index (χ4v) is 3.89. The Morgan fingerprint density at radius 3 is 2.47 bits per heavy atom. The third-order valence-corrected chi connectivity index (χ3v) is 4.76. The van der Waals surface area contributed by atoms with Crippen LogP contribution in [0.3, 0.4) is 0 Å². The standard InChI is InChI=1S/C15H20ClN/c1-17-10-15(8-12-6-13(12)9-15)7-11-2-4-14(16)5-3-11/h2-5,12-13,17H,6-10H2,1H3. The van der Waals surface area contributed by atoms with E-state index >= 15 is 0 Å². The molecule has 0 aromatic heterocycles. The van der Waals surface area contributed by atoms with Crippen molar-refractivity contribution in [1.29, 1.82) is 0 Å². The van der Waals surface area contributed by atoms with Gasteiger partial charge in [-0.2, -0.15) is 0 Å². The van der Waals surface area contributed by atoms with E-state index < -0.39 is 0 Å². The van der Waals surface area contributed by atoms with Crippen molar-refractivity contribution >= 4 is 11.6 Å². The van der Waals surface area contributed by atoms with E-state index in [1.54, 1.807) is 0 Å². The van der Waals surface area contributed by atoms with Crippen molar-refractivity contribution in [3.05, 3.63) is 34.9 Å². The number of hydrogen-bond acceptors (Lipinski definition) is 1. The molecule has 0 radical (unpaired) electrons. The van der Waals surface area contributed by atoms with Crippen LogP contribution in [0.1, 0.15) is 24.8 Å². The number of halogens is 1. The lowest BCUT2D eigenvalue weighted by Crippen LogP contribution is -2.33. The van der Waals surface area contributed by atoms with Crippen LogP contribution in [0.25, 0.3) is 0 Å². The first-order valence-corrected chi connectivity index (χ1v) is 6.98. The monoisotopic (exact) mass is 249 g/mol. The van der Waals surface area contributed by atoms with Crippen molar-refractivity contribution in [2.24, 2.45) is 17.3 Å². The van der Waals surface area contributed by atoms with E-state index in [2.05, 4.69) is 24.5 Å². The zero-order valence-corrected chi connectivity index (χ0v) is 11.1. The average Bonchev–Trinajstić information content (AvgIpc) is 2.91. The highest BCUT2D eigenvalue weighted by atomic mass is 35.5. The zero-order chi connectivity index (χ0) is 11.9. The summed E-state index contributed by atoms with van der Waals surface area (Å²) in [7, 11) is 2.08. The maximum absolute atomic E-state index is 5.94. The van der Waals surface area contributed by atoms with Gasteiger partial charge in [-0.1, -0.05) is 23.7 Å². The van der Waals surface area contributed by atoms with E-state index in [1.165, 1.54) is 31.2 Å². The van der Waals surface area contributed by atoms with Crippen LogP contribution in [0.5, 0.6) is 0 Å².